The monoisotopic (exact) mass is 278 g/mol. The van der Waals surface area contributed by atoms with Crippen LogP contribution in [-0.4, -0.2) is 19.1 Å². The van der Waals surface area contributed by atoms with Crippen LogP contribution in [0.2, 0.25) is 0 Å². The van der Waals surface area contributed by atoms with Crippen LogP contribution in [0.25, 0.3) is 0 Å². The number of nitrogens with two attached hydrogens (primary N) is 1. The highest BCUT2D eigenvalue weighted by molar-refractivity contribution is 5.91. The van der Waals surface area contributed by atoms with Crippen LogP contribution in [0.5, 0.6) is 0 Å². The molecular weight excluding hydrogens is 252 g/mol. The minimum absolute atomic E-state index is 0.110. The molecule has 0 radical (unpaired) electrons. The lowest BCUT2D eigenvalue weighted by molar-refractivity contribution is -0.120. The Kier molecular flexibility index (Phi) is 8.47. The van der Waals surface area contributed by atoms with Crippen LogP contribution in [-0.2, 0) is 9.53 Å². The number of carbonyl (C=O) groups is 1. The van der Waals surface area contributed by atoms with Crippen molar-refractivity contribution in [2.75, 3.05) is 24.3 Å². The molecule has 0 aromatic heterocycles. The Morgan fingerprint density at radius 3 is 2.45 bits per heavy atom. The Hall–Kier alpha value is -1.55. The van der Waals surface area contributed by atoms with E-state index in [-0.39, 0.29) is 12.5 Å². The van der Waals surface area contributed by atoms with Gasteiger partial charge in [0.25, 0.3) is 0 Å². The summed E-state index contributed by atoms with van der Waals surface area (Å²) in [4.78, 5) is 11.6. The molecule has 112 valence electrons. The van der Waals surface area contributed by atoms with Gasteiger partial charge in [-0.05, 0) is 30.7 Å². The number of nitrogen functional groups attached to an aromatic ring is 1. The third-order valence-electron chi connectivity index (χ3n) is 3.07. The van der Waals surface area contributed by atoms with Gasteiger partial charge < -0.3 is 15.8 Å². The maximum absolute atomic E-state index is 11.6. The highest BCUT2D eigenvalue weighted by Gasteiger charge is 2.02. The van der Waals surface area contributed by atoms with Crippen LogP contribution in [0, 0.1) is 0 Å². The van der Waals surface area contributed by atoms with Crippen LogP contribution in [0.3, 0.4) is 0 Å². The van der Waals surface area contributed by atoms with E-state index in [1.807, 2.05) is 0 Å². The third-order valence-corrected chi connectivity index (χ3v) is 3.07. The van der Waals surface area contributed by atoms with Crippen molar-refractivity contribution in [2.24, 2.45) is 0 Å². The number of anilines is 2. The van der Waals surface area contributed by atoms with E-state index in [4.69, 9.17) is 10.5 Å². The largest absolute Gasteiger partial charge is 0.399 e. The molecule has 0 fully saturated rings. The zero-order valence-corrected chi connectivity index (χ0v) is 12.4. The summed E-state index contributed by atoms with van der Waals surface area (Å²) < 4.78 is 5.36. The average molecular weight is 278 g/mol. The molecule has 1 aromatic carbocycles. The van der Waals surface area contributed by atoms with Gasteiger partial charge in [-0.2, -0.15) is 0 Å². The smallest absolute Gasteiger partial charge is 0.250 e. The van der Waals surface area contributed by atoms with Crippen LogP contribution in [0.4, 0.5) is 11.4 Å². The molecule has 4 nitrogen and oxygen atoms in total. The molecule has 0 heterocycles. The number of unbranched alkanes of at least 4 members (excludes halogenated alkanes) is 5. The predicted molar refractivity (Wildman–Crippen MR) is 83.7 cm³/mol. The van der Waals surface area contributed by atoms with E-state index in [0.29, 0.717) is 12.3 Å². The lowest BCUT2D eigenvalue weighted by Crippen LogP contribution is -2.18. The molecule has 3 N–H and O–H groups in total. The molecule has 0 aliphatic heterocycles. The van der Waals surface area contributed by atoms with Crippen molar-refractivity contribution in [3.8, 4) is 0 Å². The number of rotatable bonds is 10. The zero-order valence-electron chi connectivity index (χ0n) is 12.4. The van der Waals surface area contributed by atoms with Gasteiger partial charge in [0.05, 0.1) is 0 Å². The summed E-state index contributed by atoms with van der Waals surface area (Å²) in [6.07, 6.45) is 7.34. The first-order valence-corrected chi connectivity index (χ1v) is 7.45. The van der Waals surface area contributed by atoms with Crippen LogP contribution >= 0.6 is 0 Å². The van der Waals surface area contributed by atoms with Crippen molar-refractivity contribution >= 4 is 17.3 Å². The van der Waals surface area contributed by atoms with Gasteiger partial charge in [0.15, 0.2) is 0 Å². The minimum Gasteiger partial charge on any atom is -0.399 e. The Bertz CT molecular complexity index is 377. The number of hydrogen-bond donors (Lipinski definition) is 2. The summed E-state index contributed by atoms with van der Waals surface area (Å²) in [5, 5.41) is 2.77. The molecule has 0 bridgehead atoms. The van der Waals surface area contributed by atoms with E-state index in [0.717, 1.165) is 12.1 Å². The molecule has 0 saturated carbocycles. The van der Waals surface area contributed by atoms with E-state index >= 15 is 0 Å². The Balaban J connectivity index is 2.01. The lowest BCUT2D eigenvalue weighted by atomic mass is 10.1. The highest BCUT2D eigenvalue weighted by atomic mass is 16.5. The van der Waals surface area contributed by atoms with E-state index in [1.54, 1.807) is 24.3 Å². The van der Waals surface area contributed by atoms with Crippen molar-refractivity contribution < 1.29 is 9.53 Å². The summed E-state index contributed by atoms with van der Waals surface area (Å²) in [6.45, 7) is 2.98. The third kappa shape index (κ3) is 7.79. The maximum atomic E-state index is 11.6. The maximum Gasteiger partial charge on any atom is 0.250 e. The number of nitrogens with one attached hydrogen (secondary N) is 1. The van der Waals surface area contributed by atoms with Crippen LogP contribution in [0.15, 0.2) is 24.3 Å². The first-order chi connectivity index (χ1) is 9.72. The fourth-order valence-corrected chi connectivity index (χ4v) is 1.91. The van der Waals surface area contributed by atoms with Crippen molar-refractivity contribution in [1.82, 2.24) is 0 Å². The number of benzene rings is 1. The molecular formula is C16H26N2O2. The van der Waals surface area contributed by atoms with Gasteiger partial charge >= 0.3 is 0 Å². The van der Waals surface area contributed by atoms with E-state index in [9.17, 15) is 4.79 Å². The van der Waals surface area contributed by atoms with Crippen molar-refractivity contribution in [3.63, 3.8) is 0 Å². The van der Waals surface area contributed by atoms with Gasteiger partial charge in [-0.25, -0.2) is 0 Å². The van der Waals surface area contributed by atoms with Crippen molar-refractivity contribution in [2.45, 2.75) is 45.4 Å². The first kappa shape index (κ1) is 16.5. The minimum atomic E-state index is -0.124. The molecule has 0 unspecified atom stereocenters. The van der Waals surface area contributed by atoms with Crippen LogP contribution in [0.1, 0.15) is 45.4 Å². The Morgan fingerprint density at radius 2 is 1.75 bits per heavy atom. The van der Waals surface area contributed by atoms with E-state index in [1.165, 1.54) is 32.1 Å². The molecule has 1 aromatic rings. The van der Waals surface area contributed by atoms with Gasteiger partial charge in [0, 0.05) is 18.0 Å². The lowest BCUT2D eigenvalue weighted by Gasteiger charge is -2.06. The second-order valence-electron chi connectivity index (χ2n) is 4.99. The van der Waals surface area contributed by atoms with Crippen molar-refractivity contribution in [1.29, 1.82) is 0 Å². The topological polar surface area (TPSA) is 64.3 Å². The predicted octanol–water partition coefficient (Wildman–Crippen LogP) is 3.58. The zero-order chi connectivity index (χ0) is 14.6. The van der Waals surface area contributed by atoms with Gasteiger partial charge in [0.2, 0.25) is 5.91 Å². The summed E-state index contributed by atoms with van der Waals surface area (Å²) in [5.41, 5.74) is 7.00. The fraction of sp³-hybridized carbons (Fsp3) is 0.562. The van der Waals surface area contributed by atoms with Crippen molar-refractivity contribution in [3.05, 3.63) is 24.3 Å². The summed E-state index contributed by atoms with van der Waals surface area (Å²) in [6, 6.07) is 7.07. The quantitative estimate of drug-likeness (QED) is 0.508. The molecule has 0 aliphatic carbocycles. The molecule has 20 heavy (non-hydrogen) atoms. The summed E-state index contributed by atoms with van der Waals surface area (Å²) in [5.74, 6) is -0.124. The molecule has 0 saturated heterocycles. The molecule has 0 spiro atoms. The van der Waals surface area contributed by atoms with Crippen LogP contribution < -0.4 is 11.1 Å². The number of amides is 1. The normalized spacial score (nSPS) is 10.4. The van der Waals surface area contributed by atoms with E-state index in [2.05, 4.69) is 12.2 Å². The Labute approximate surface area is 121 Å². The molecule has 1 rings (SSSR count). The van der Waals surface area contributed by atoms with Gasteiger partial charge in [-0.15, -0.1) is 0 Å². The molecule has 4 heteroatoms. The average Bonchev–Trinajstić information content (AvgIpc) is 2.44. The number of hydrogen-bond acceptors (Lipinski definition) is 3. The second-order valence-corrected chi connectivity index (χ2v) is 4.99. The number of ether oxygens (including phenoxy) is 1. The fourth-order valence-electron chi connectivity index (χ4n) is 1.91. The molecule has 0 aliphatic rings. The van der Waals surface area contributed by atoms with Gasteiger partial charge in [-0.1, -0.05) is 39.0 Å². The molecule has 0 atom stereocenters. The summed E-state index contributed by atoms with van der Waals surface area (Å²) >= 11 is 0. The molecule has 1 amide bonds. The Morgan fingerprint density at radius 1 is 1.10 bits per heavy atom. The van der Waals surface area contributed by atoms with E-state index < -0.39 is 0 Å². The highest BCUT2D eigenvalue weighted by Crippen LogP contribution is 2.10. The van der Waals surface area contributed by atoms with Gasteiger partial charge in [0.1, 0.15) is 6.61 Å². The number of carbonyl (C=O) groups excluding carboxylic acids is 1. The summed E-state index contributed by atoms with van der Waals surface area (Å²) in [7, 11) is 0. The first-order valence-electron chi connectivity index (χ1n) is 7.45. The SMILES string of the molecule is CCCCCCCCOCC(=O)Nc1ccc(N)cc1. The standard InChI is InChI=1S/C16H26N2O2/c1-2-3-4-5-6-7-12-20-13-16(19)18-15-10-8-14(17)9-11-15/h8-11H,2-7,12-13,17H2,1H3,(H,18,19). The second kappa shape index (κ2) is 10.3. The van der Waals surface area contributed by atoms with Gasteiger partial charge in [-0.3, -0.25) is 4.79 Å².